The van der Waals surface area contributed by atoms with E-state index in [0.29, 0.717) is 6.04 Å². The van der Waals surface area contributed by atoms with Gasteiger partial charge in [-0.25, -0.2) is 4.98 Å². The molecule has 20 heavy (non-hydrogen) atoms. The molecule has 3 nitrogen and oxygen atoms in total. The molecule has 108 valence electrons. The third-order valence-electron chi connectivity index (χ3n) is 4.73. The lowest BCUT2D eigenvalue weighted by Gasteiger charge is -2.32. The minimum atomic E-state index is 0.482. The molecule has 1 unspecified atom stereocenters. The van der Waals surface area contributed by atoms with Crippen LogP contribution in [0, 0.1) is 11.8 Å². The minimum absolute atomic E-state index is 0.482. The zero-order valence-corrected chi connectivity index (χ0v) is 12.4. The Morgan fingerprint density at radius 3 is 2.70 bits per heavy atom. The Kier molecular flexibility index (Phi) is 4.06. The topological polar surface area (TPSA) is 38.1 Å². The summed E-state index contributed by atoms with van der Waals surface area (Å²) in [5, 5.41) is 3.48. The van der Waals surface area contributed by atoms with Crippen LogP contribution in [-0.2, 0) is 6.42 Å². The number of oxazole rings is 1. The van der Waals surface area contributed by atoms with Gasteiger partial charge in [-0.05, 0) is 43.9 Å². The number of rotatable bonds is 4. The van der Waals surface area contributed by atoms with Crippen molar-refractivity contribution in [1.82, 2.24) is 10.3 Å². The van der Waals surface area contributed by atoms with Crippen molar-refractivity contribution in [2.45, 2.75) is 45.1 Å². The van der Waals surface area contributed by atoms with E-state index in [2.05, 4.69) is 24.3 Å². The summed E-state index contributed by atoms with van der Waals surface area (Å²) in [4.78, 5) is 4.60. The first-order valence-corrected chi connectivity index (χ1v) is 7.78. The molecule has 1 aromatic heterocycles. The summed E-state index contributed by atoms with van der Waals surface area (Å²) in [6.07, 6.45) is 6.26. The van der Waals surface area contributed by atoms with Crippen molar-refractivity contribution in [1.29, 1.82) is 0 Å². The van der Waals surface area contributed by atoms with E-state index in [1.54, 1.807) is 0 Å². The average molecular weight is 272 g/mol. The molecule has 0 radical (unpaired) electrons. The van der Waals surface area contributed by atoms with Crippen LogP contribution in [0.4, 0.5) is 0 Å². The SMILES string of the molecule is CNC(Cc1nc2ccccc2o1)C1CCC(C)CC1. The highest BCUT2D eigenvalue weighted by Crippen LogP contribution is 2.31. The first-order valence-electron chi connectivity index (χ1n) is 7.78. The fourth-order valence-corrected chi connectivity index (χ4v) is 3.39. The van der Waals surface area contributed by atoms with Gasteiger partial charge in [0.1, 0.15) is 5.52 Å². The maximum atomic E-state index is 5.86. The Morgan fingerprint density at radius 1 is 1.25 bits per heavy atom. The molecule has 0 saturated heterocycles. The number of aromatic nitrogens is 1. The smallest absolute Gasteiger partial charge is 0.197 e. The van der Waals surface area contributed by atoms with Crippen LogP contribution in [0.15, 0.2) is 28.7 Å². The summed E-state index contributed by atoms with van der Waals surface area (Å²) in [5.41, 5.74) is 1.87. The Balaban J connectivity index is 1.70. The van der Waals surface area contributed by atoms with Crippen LogP contribution >= 0.6 is 0 Å². The number of fused-ring (bicyclic) bond motifs is 1. The fourth-order valence-electron chi connectivity index (χ4n) is 3.39. The number of para-hydroxylation sites is 2. The number of benzene rings is 1. The van der Waals surface area contributed by atoms with Gasteiger partial charge in [-0.15, -0.1) is 0 Å². The second-order valence-electron chi connectivity index (χ2n) is 6.19. The lowest BCUT2D eigenvalue weighted by molar-refractivity contribution is 0.229. The van der Waals surface area contributed by atoms with Crippen molar-refractivity contribution in [3.05, 3.63) is 30.2 Å². The van der Waals surface area contributed by atoms with Crippen LogP contribution in [0.5, 0.6) is 0 Å². The number of hydrogen-bond acceptors (Lipinski definition) is 3. The number of nitrogens with one attached hydrogen (secondary N) is 1. The predicted octanol–water partition coefficient (Wildman–Crippen LogP) is 3.78. The van der Waals surface area contributed by atoms with E-state index >= 15 is 0 Å². The summed E-state index contributed by atoms with van der Waals surface area (Å²) < 4.78 is 5.86. The van der Waals surface area contributed by atoms with Crippen LogP contribution in [-0.4, -0.2) is 18.1 Å². The summed E-state index contributed by atoms with van der Waals surface area (Å²) >= 11 is 0. The van der Waals surface area contributed by atoms with Gasteiger partial charge < -0.3 is 9.73 Å². The zero-order valence-electron chi connectivity index (χ0n) is 12.4. The molecule has 0 aliphatic heterocycles. The number of nitrogens with zero attached hydrogens (tertiary/aromatic N) is 1. The van der Waals surface area contributed by atoms with Gasteiger partial charge in [0.2, 0.25) is 0 Å². The van der Waals surface area contributed by atoms with Crippen molar-refractivity contribution in [2.24, 2.45) is 11.8 Å². The lowest BCUT2D eigenvalue weighted by Crippen LogP contribution is -2.37. The highest BCUT2D eigenvalue weighted by Gasteiger charge is 2.26. The molecule has 0 bridgehead atoms. The molecule has 3 rings (SSSR count). The standard InChI is InChI=1S/C17H24N2O/c1-12-7-9-13(10-8-12)15(18-2)11-17-19-14-5-3-4-6-16(14)20-17/h3-6,12-13,15,18H,7-11H2,1-2H3. The molecule has 1 fully saturated rings. The Morgan fingerprint density at radius 2 is 2.00 bits per heavy atom. The van der Waals surface area contributed by atoms with Crippen molar-refractivity contribution in [3.63, 3.8) is 0 Å². The molecule has 0 amide bonds. The van der Waals surface area contributed by atoms with Crippen LogP contribution in [0.25, 0.3) is 11.1 Å². The van der Waals surface area contributed by atoms with Crippen LogP contribution < -0.4 is 5.32 Å². The Hall–Kier alpha value is -1.35. The quantitative estimate of drug-likeness (QED) is 0.920. The van der Waals surface area contributed by atoms with Crippen molar-refractivity contribution in [2.75, 3.05) is 7.05 Å². The van der Waals surface area contributed by atoms with Gasteiger partial charge in [0.05, 0.1) is 0 Å². The molecule has 2 aromatic rings. The first kappa shape index (κ1) is 13.6. The van der Waals surface area contributed by atoms with E-state index in [-0.39, 0.29) is 0 Å². The maximum absolute atomic E-state index is 5.86. The summed E-state index contributed by atoms with van der Waals surface area (Å²) in [7, 11) is 2.06. The van der Waals surface area contributed by atoms with E-state index in [9.17, 15) is 0 Å². The van der Waals surface area contributed by atoms with E-state index in [1.165, 1.54) is 25.7 Å². The van der Waals surface area contributed by atoms with Crippen molar-refractivity contribution < 1.29 is 4.42 Å². The van der Waals surface area contributed by atoms with Gasteiger partial charge in [-0.1, -0.05) is 31.9 Å². The molecule has 1 heterocycles. The molecule has 3 heteroatoms. The van der Waals surface area contributed by atoms with Crippen LogP contribution in [0.2, 0.25) is 0 Å². The Labute approximate surface area is 120 Å². The maximum Gasteiger partial charge on any atom is 0.197 e. The molecule has 0 spiro atoms. The summed E-state index contributed by atoms with van der Waals surface area (Å²) in [5.74, 6) is 2.52. The highest BCUT2D eigenvalue weighted by atomic mass is 16.3. The first-order chi connectivity index (χ1) is 9.76. The van der Waals surface area contributed by atoms with Gasteiger partial charge in [-0.2, -0.15) is 0 Å². The molecular formula is C17H24N2O. The Bertz CT molecular complexity index is 522. The van der Waals surface area contributed by atoms with Gasteiger partial charge in [0, 0.05) is 12.5 Å². The van der Waals surface area contributed by atoms with Gasteiger partial charge in [0.15, 0.2) is 11.5 Å². The zero-order chi connectivity index (χ0) is 13.9. The van der Waals surface area contributed by atoms with Crippen molar-refractivity contribution >= 4 is 11.1 Å². The second-order valence-corrected chi connectivity index (χ2v) is 6.19. The summed E-state index contributed by atoms with van der Waals surface area (Å²) in [6.45, 7) is 2.37. The molecule has 1 saturated carbocycles. The van der Waals surface area contributed by atoms with E-state index in [4.69, 9.17) is 4.42 Å². The molecule has 1 aromatic carbocycles. The highest BCUT2D eigenvalue weighted by molar-refractivity contribution is 5.72. The number of hydrogen-bond donors (Lipinski definition) is 1. The van der Waals surface area contributed by atoms with Crippen LogP contribution in [0.3, 0.4) is 0 Å². The third-order valence-corrected chi connectivity index (χ3v) is 4.73. The lowest BCUT2D eigenvalue weighted by atomic mass is 9.78. The normalized spacial score (nSPS) is 24.9. The second kappa shape index (κ2) is 5.96. The van der Waals surface area contributed by atoms with Crippen molar-refractivity contribution in [3.8, 4) is 0 Å². The molecule has 1 aliphatic carbocycles. The molecule has 1 atom stereocenters. The predicted molar refractivity (Wildman–Crippen MR) is 81.7 cm³/mol. The molecular weight excluding hydrogens is 248 g/mol. The average Bonchev–Trinajstić information content (AvgIpc) is 2.88. The van der Waals surface area contributed by atoms with Gasteiger partial charge >= 0.3 is 0 Å². The third kappa shape index (κ3) is 2.88. The van der Waals surface area contributed by atoms with Crippen LogP contribution in [0.1, 0.15) is 38.5 Å². The minimum Gasteiger partial charge on any atom is -0.441 e. The fraction of sp³-hybridized carbons (Fsp3) is 0.588. The van der Waals surface area contributed by atoms with E-state index in [1.807, 2.05) is 24.3 Å². The molecule has 1 N–H and O–H groups in total. The molecule has 1 aliphatic rings. The largest absolute Gasteiger partial charge is 0.441 e. The summed E-state index contributed by atoms with van der Waals surface area (Å²) in [6, 6.07) is 8.49. The monoisotopic (exact) mass is 272 g/mol. The number of likely N-dealkylation sites (N-methyl/N-ethyl adjacent to an activating group) is 1. The van der Waals surface area contributed by atoms with E-state index in [0.717, 1.165) is 35.2 Å². The van der Waals surface area contributed by atoms with E-state index < -0.39 is 0 Å². The van der Waals surface area contributed by atoms with Gasteiger partial charge in [-0.3, -0.25) is 0 Å². The van der Waals surface area contributed by atoms with Gasteiger partial charge in [0.25, 0.3) is 0 Å².